The Bertz CT molecular complexity index is 1860. The van der Waals surface area contributed by atoms with Gasteiger partial charge in [-0.2, -0.15) is 0 Å². The third kappa shape index (κ3) is 4.59. The highest BCUT2D eigenvalue weighted by Gasteiger charge is 2.23. The monoisotopic (exact) mass is 544 g/mol. The Morgan fingerprint density at radius 1 is 0.625 bits per heavy atom. The predicted molar refractivity (Wildman–Crippen MR) is 179 cm³/mol. The second-order valence-electron chi connectivity index (χ2n) is 13.0. The highest BCUT2D eigenvalue weighted by Crippen LogP contribution is 2.38. The summed E-state index contributed by atoms with van der Waals surface area (Å²) in [6, 6.07) is 28.3. The van der Waals surface area contributed by atoms with E-state index in [1.54, 1.807) is 0 Å². The molecule has 2 heterocycles. The zero-order valence-corrected chi connectivity index (χ0v) is 26.4. The summed E-state index contributed by atoms with van der Waals surface area (Å²) in [7, 11) is -1.61. The minimum Gasteiger partial charge on any atom is -0.368 e. The Hall–Kier alpha value is -3.30. The molecule has 3 heteroatoms. The summed E-state index contributed by atoms with van der Waals surface area (Å²) in [4.78, 5) is 0. The first kappa shape index (κ1) is 26.9. The van der Waals surface area contributed by atoms with E-state index in [9.17, 15) is 0 Å². The van der Waals surface area contributed by atoms with Crippen molar-refractivity contribution in [2.24, 2.45) is 5.92 Å². The number of unbranched alkanes of at least 4 members (excludes halogenated alkanes) is 1. The number of nitrogens with zero attached hydrogens (tertiary/aromatic N) is 2. The Kier molecular flexibility index (Phi) is 6.90. The molecule has 0 aliphatic carbocycles. The van der Waals surface area contributed by atoms with Gasteiger partial charge in [0.2, 0.25) is 0 Å². The van der Waals surface area contributed by atoms with Gasteiger partial charge in [0.05, 0.1) is 0 Å². The molecule has 6 rings (SSSR count). The molecular formula is C37H44N2Si. The van der Waals surface area contributed by atoms with E-state index in [4.69, 9.17) is 0 Å². The Labute approximate surface area is 240 Å². The van der Waals surface area contributed by atoms with Gasteiger partial charge in [-0.05, 0) is 85.8 Å². The van der Waals surface area contributed by atoms with Gasteiger partial charge in [-0.3, -0.25) is 0 Å². The molecule has 2 aromatic heterocycles. The Balaban J connectivity index is 1.53. The summed E-state index contributed by atoms with van der Waals surface area (Å²) in [6.07, 6.45) is 5.13. The minimum absolute atomic E-state index is 0.717. The van der Waals surface area contributed by atoms with Gasteiger partial charge in [-0.15, -0.1) is 0 Å². The highest BCUT2D eigenvalue weighted by atomic mass is 28.3. The lowest BCUT2D eigenvalue weighted by atomic mass is 9.99. The van der Waals surface area contributed by atoms with Crippen molar-refractivity contribution >= 4 is 51.8 Å². The van der Waals surface area contributed by atoms with Crippen LogP contribution in [0.1, 0.15) is 50.7 Å². The number of hydrogen-bond acceptors (Lipinski definition) is 0. The molecule has 0 N–H and O–H groups in total. The van der Waals surface area contributed by atoms with Gasteiger partial charge in [0.25, 0.3) is 0 Å². The van der Waals surface area contributed by atoms with E-state index in [1.807, 2.05) is 0 Å². The Morgan fingerprint density at radius 2 is 1.10 bits per heavy atom. The van der Waals surface area contributed by atoms with Crippen LogP contribution < -0.4 is 0 Å². The number of aryl methyl sites for hydroxylation is 2. The van der Waals surface area contributed by atoms with Gasteiger partial charge in [0.15, 0.2) is 8.24 Å². The normalized spacial score (nSPS) is 13.3. The largest absolute Gasteiger partial charge is 0.368 e. The van der Waals surface area contributed by atoms with Gasteiger partial charge in [0.1, 0.15) is 0 Å². The van der Waals surface area contributed by atoms with Gasteiger partial charge in [-0.1, -0.05) is 88.1 Å². The SMILES string of the molecule is CCCCC(CC)Cn1c2ccc(C)cc2c2cc(-c3ccc4c(c3)c3cc(C)ccc3n4[Si](C)(C)C)ccc21. The molecule has 4 aromatic carbocycles. The second-order valence-corrected chi connectivity index (χ2v) is 17.8. The van der Waals surface area contributed by atoms with Crippen LogP contribution in [0.5, 0.6) is 0 Å². The van der Waals surface area contributed by atoms with Crippen LogP contribution in [-0.4, -0.2) is 17.0 Å². The van der Waals surface area contributed by atoms with E-state index in [0.29, 0.717) is 5.92 Å². The summed E-state index contributed by atoms with van der Waals surface area (Å²) >= 11 is 0. The lowest BCUT2D eigenvalue weighted by molar-refractivity contribution is 0.401. The summed E-state index contributed by atoms with van der Waals surface area (Å²) in [5.41, 5.74) is 10.7. The van der Waals surface area contributed by atoms with E-state index in [0.717, 1.165) is 6.54 Å². The first-order valence-electron chi connectivity index (χ1n) is 15.3. The van der Waals surface area contributed by atoms with Crippen molar-refractivity contribution in [3.63, 3.8) is 0 Å². The van der Waals surface area contributed by atoms with Crippen LogP contribution in [0, 0.1) is 19.8 Å². The van der Waals surface area contributed by atoms with Gasteiger partial charge in [-0.25, -0.2) is 0 Å². The Morgan fingerprint density at radius 3 is 1.65 bits per heavy atom. The lowest BCUT2D eigenvalue weighted by Crippen LogP contribution is -2.31. The van der Waals surface area contributed by atoms with E-state index in [1.165, 1.54) is 91.5 Å². The lowest BCUT2D eigenvalue weighted by Gasteiger charge is -2.22. The van der Waals surface area contributed by atoms with Crippen LogP contribution in [0.25, 0.3) is 54.7 Å². The third-order valence-electron chi connectivity index (χ3n) is 8.93. The minimum atomic E-state index is -1.61. The van der Waals surface area contributed by atoms with Crippen LogP contribution in [0.4, 0.5) is 0 Å². The molecule has 0 aliphatic heterocycles. The van der Waals surface area contributed by atoms with Crippen LogP contribution >= 0.6 is 0 Å². The fourth-order valence-corrected chi connectivity index (χ4v) is 8.64. The number of aromatic nitrogens is 2. The highest BCUT2D eigenvalue weighted by molar-refractivity contribution is 6.76. The summed E-state index contributed by atoms with van der Waals surface area (Å²) in [5, 5.41) is 5.51. The van der Waals surface area contributed by atoms with Crippen molar-refractivity contribution < 1.29 is 0 Å². The maximum absolute atomic E-state index is 2.64. The topological polar surface area (TPSA) is 9.86 Å². The van der Waals surface area contributed by atoms with Crippen molar-refractivity contribution in [2.45, 2.75) is 79.6 Å². The van der Waals surface area contributed by atoms with Crippen molar-refractivity contribution in [3.8, 4) is 11.1 Å². The molecule has 6 aromatic rings. The van der Waals surface area contributed by atoms with Crippen molar-refractivity contribution in [2.75, 3.05) is 0 Å². The van der Waals surface area contributed by atoms with E-state index in [-0.39, 0.29) is 0 Å². The standard InChI is InChI=1S/C37H44N2Si/c1-8-10-11-27(9-2)24-38-34-16-12-25(3)20-30(34)32-22-28(14-18-35(32)38)29-15-19-37-33(23-29)31-21-26(4)13-17-36(31)39(37)40(5,6)7/h12-23,27H,8-11,24H2,1-7H3. The molecule has 1 unspecified atom stereocenters. The van der Waals surface area contributed by atoms with Gasteiger partial charge >= 0.3 is 0 Å². The smallest absolute Gasteiger partial charge is 0.153 e. The molecule has 0 saturated heterocycles. The van der Waals surface area contributed by atoms with Crippen LogP contribution in [0.15, 0.2) is 72.8 Å². The average Bonchev–Trinajstić information content (AvgIpc) is 3.42. The molecular weight excluding hydrogens is 501 g/mol. The number of fused-ring (bicyclic) bond motifs is 6. The molecule has 206 valence electrons. The maximum atomic E-state index is 2.64. The van der Waals surface area contributed by atoms with Crippen molar-refractivity contribution in [1.29, 1.82) is 0 Å². The molecule has 1 atom stereocenters. The number of benzene rings is 4. The average molecular weight is 545 g/mol. The molecule has 0 amide bonds. The summed E-state index contributed by atoms with van der Waals surface area (Å²) < 4.78 is 5.24. The zero-order chi connectivity index (χ0) is 28.2. The van der Waals surface area contributed by atoms with Crippen molar-refractivity contribution in [3.05, 3.63) is 83.9 Å². The quantitative estimate of drug-likeness (QED) is 0.169. The van der Waals surface area contributed by atoms with E-state index < -0.39 is 8.24 Å². The zero-order valence-electron chi connectivity index (χ0n) is 25.4. The van der Waals surface area contributed by atoms with Crippen molar-refractivity contribution in [1.82, 2.24) is 8.80 Å². The predicted octanol–water partition coefficient (Wildman–Crippen LogP) is 11.1. The van der Waals surface area contributed by atoms with Crippen LogP contribution in [0.3, 0.4) is 0 Å². The fraction of sp³-hybridized carbons (Fsp3) is 0.351. The number of rotatable bonds is 8. The van der Waals surface area contributed by atoms with E-state index >= 15 is 0 Å². The molecule has 0 fully saturated rings. The molecule has 0 spiro atoms. The number of hydrogen-bond donors (Lipinski definition) is 0. The first-order chi connectivity index (χ1) is 19.2. The summed E-state index contributed by atoms with van der Waals surface area (Å²) in [5.74, 6) is 0.717. The van der Waals surface area contributed by atoms with Crippen LogP contribution in [-0.2, 0) is 6.54 Å². The summed E-state index contributed by atoms with van der Waals surface area (Å²) in [6.45, 7) is 17.5. The van der Waals surface area contributed by atoms with Gasteiger partial charge < -0.3 is 8.80 Å². The first-order valence-corrected chi connectivity index (χ1v) is 18.7. The van der Waals surface area contributed by atoms with E-state index in [2.05, 4.69) is 129 Å². The van der Waals surface area contributed by atoms with Gasteiger partial charge in [0, 0.05) is 50.2 Å². The molecule has 2 nitrogen and oxygen atoms in total. The maximum Gasteiger partial charge on any atom is 0.153 e. The molecule has 0 radical (unpaired) electrons. The molecule has 0 saturated carbocycles. The molecule has 0 aliphatic rings. The van der Waals surface area contributed by atoms with Crippen LogP contribution in [0.2, 0.25) is 19.6 Å². The third-order valence-corrected chi connectivity index (χ3v) is 10.8. The molecule has 40 heavy (non-hydrogen) atoms. The fourth-order valence-electron chi connectivity index (χ4n) is 6.81. The second kappa shape index (κ2) is 10.3. The molecule has 0 bridgehead atoms.